The number of carboxylic acid groups (broad SMARTS) is 1. The number of hydrogen-bond donors (Lipinski definition) is 1. The van der Waals surface area contributed by atoms with E-state index in [0.29, 0.717) is 21.5 Å². The molecule has 0 radical (unpaired) electrons. The molecule has 6 heteroatoms. The topological polar surface area (TPSA) is 55.1 Å². The van der Waals surface area contributed by atoms with Gasteiger partial charge in [0.1, 0.15) is 11.9 Å². The SMILES string of the molecule is CC(C(=O)O)n1c(C2CC2)nc2cc(Cl)c(Cl)cc21. The first-order valence-corrected chi connectivity index (χ1v) is 6.84. The number of carbonyl (C=O) groups is 1. The lowest BCUT2D eigenvalue weighted by molar-refractivity contribution is -0.140. The third kappa shape index (κ3) is 2.09. The monoisotopic (exact) mass is 298 g/mol. The van der Waals surface area contributed by atoms with Crippen LogP contribution in [0.15, 0.2) is 12.1 Å². The van der Waals surface area contributed by atoms with Crippen LogP contribution in [-0.2, 0) is 4.79 Å². The van der Waals surface area contributed by atoms with E-state index in [-0.39, 0.29) is 0 Å². The Kier molecular flexibility index (Phi) is 2.95. The zero-order valence-corrected chi connectivity index (χ0v) is 11.7. The molecule has 1 aromatic heterocycles. The summed E-state index contributed by atoms with van der Waals surface area (Å²) < 4.78 is 1.76. The number of imidazole rings is 1. The fraction of sp³-hybridized carbons (Fsp3) is 0.385. The van der Waals surface area contributed by atoms with Crippen LogP contribution in [0.2, 0.25) is 10.0 Å². The molecule has 0 saturated heterocycles. The van der Waals surface area contributed by atoms with Gasteiger partial charge in [-0.1, -0.05) is 23.2 Å². The highest BCUT2D eigenvalue weighted by Crippen LogP contribution is 2.42. The summed E-state index contributed by atoms with van der Waals surface area (Å²) in [6, 6.07) is 2.71. The number of rotatable bonds is 3. The molecule has 1 N–H and O–H groups in total. The lowest BCUT2D eigenvalue weighted by atomic mass is 10.2. The average molecular weight is 299 g/mol. The number of nitrogens with zero attached hydrogens (tertiary/aromatic N) is 2. The molecule has 1 unspecified atom stereocenters. The summed E-state index contributed by atoms with van der Waals surface area (Å²) in [7, 11) is 0. The van der Waals surface area contributed by atoms with Gasteiger partial charge >= 0.3 is 5.97 Å². The molecule has 0 amide bonds. The first-order chi connectivity index (χ1) is 8.99. The molecule has 4 nitrogen and oxygen atoms in total. The Hall–Kier alpha value is -1.26. The fourth-order valence-corrected chi connectivity index (χ4v) is 2.57. The van der Waals surface area contributed by atoms with Gasteiger partial charge in [0.15, 0.2) is 0 Å². The second kappa shape index (κ2) is 4.39. The Morgan fingerprint density at radius 2 is 2.05 bits per heavy atom. The van der Waals surface area contributed by atoms with E-state index in [0.717, 1.165) is 24.2 Å². The molecule has 0 aliphatic heterocycles. The second-order valence-electron chi connectivity index (χ2n) is 4.88. The van der Waals surface area contributed by atoms with Crippen molar-refractivity contribution >= 4 is 40.2 Å². The van der Waals surface area contributed by atoms with Gasteiger partial charge in [0, 0.05) is 5.92 Å². The van der Waals surface area contributed by atoms with E-state index < -0.39 is 12.0 Å². The highest BCUT2D eigenvalue weighted by atomic mass is 35.5. The molecular formula is C13H12Cl2N2O2. The molecule has 0 spiro atoms. The van der Waals surface area contributed by atoms with Crippen LogP contribution in [0.5, 0.6) is 0 Å². The summed E-state index contributed by atoms with van der Waals surface area (Å²) in [5.74, 6) is 0.294. The molecule has 0 bridgehead atoms. The van der Waals surface area contributed by atoms with E-state index in [2.05, 4.69) is 4.98 Å². The van der Waals surface area contributed by atoms with Gasteiger partial charge in [-0.25, -0.2) is 9.78 Å². The smallest absolute Gasteiger partial charge is 0.326 e. The van der Waals surface area contributed by atoms with Crippen LogP contribution >= 0.6 is 23.2 Å². The van der Waals surface area contributed by atoms with Crippen LogP contribution in [0.1, 0.15) is 37.5 Å². The maximum atomic E-state index is 11.3. The molecule has 1 aliphatic carbocycles. The Morgan fingerprint density at radius 3 is 2.63 bits per heavy atom. The van der Waals surface area contributed by atoms with E-state index in [1.165, 1.54) is 0 Å². The minimum atomic E-state index is -0.882. The molecule has 1 heterocycles. The Morgan fingerprint density at radius 1 is 1.42 bits per heavy atom. The van der Waals surface area contributed by atoms with E-state index in [1.807, 2.05) is 0 Å². The van der Waals surface area contributed by atoms with Crippen molar-refractivity contribution in [1.29, 1.82) is 0 Å². The summed E-state index contributed by atoms with van der Waals surface area (Å²) in [5.41, 5.74) is 1.43. The molecule has 1 atom stereocenters. The van der Waals surface area contributed by atoms with Crippen LogP contribution in [0, 0.1) is 0 Å². The number of aromatic nitrogens is 2. The summed E-state index contributed by atoms with van der Waals surface area (Å²) in [6.07, 6.45) is 2.11. The third-order valence-electron chi connectivity index (χ3n) is 3.45. The van der Waals surface area contributed by atoms with Gasteiger partial charge in [0.25, 0.3) is 0 Å². The van der Waals surface area contributed by atoms with Crippen LogP contribution in [-0.4, -0.2) is 20.6 Å². The number of fused-ring (bicyclic) bond motifs is 1. The van der Waals surface area contributed by atoms with E-state index in [4.69, 9.17) is 23.2 Å². The van der Waals surface area contributed by atoms with E-state index in [9.17, 15) is 9.90 Å². The average Bonchev–Trinajstić information content (AvgIpc) is 3.13. The minimum Gasteiger partial charge on any atom is -0.480 e. The molecule has 1 fully saturated rings. The molecule has 2 aromatic rings. The first-order valence-electron chi connectivity index (χ1n) is 6.08. The van der Waals surface area contributed by atoms with E-state index in [1.54, 1.807) is 23.6 Å². The molecule has 100 valence electrons. The highest BCUT2D eigenvalue weighted by molar-refractivity contribution is 6.42. The van der Waals surface area contributed by atoms with Gasteiger partial charge in [-0.2, -0.15) is 0 Å². The maximum absolute atomic E-state index is 11.3. The zero-order chi connectivity index (χ0) is 13.7. The predicted molar refractivity (Wildman–Crippen MR) is 74.1 cm³/mol. The molecule has 19 heavy (non-hydrogen) atoms. The zero-order valence-electron chi connectivity index (χ0n) is 10.2. The number of hydrogen-bond acceptors (Lipinski definition) is 2. The highest BCUT2D eigenvalue weighted by Gasteiger charge is 2.32. The van der Waals surface area contributed by atoms with Gasteiger partial charge in [0.05, 0.1) is 21.1 Å². The van der Waals surface area contributed by atoms with Crippen molar-refractivity contribution in [2.45, 2.75) is 31.7 Å². The molecule has 3 rings (SSSR count). The van der Waals surface area contributed by atoms with Crippen molar-refractivity contribution in [2.24, 2.45) is 0 Å². The standard InChI is InChI=1S/C13H12Cl2N2O2/c1-6(13(18)19)17-11-5-9(15)8(14)4-10(11)16-12(17)7-2-3-7/h4-7H,2-3H2,1H3,(H,18,19). The van der Waals surface area contributed by atoms with Crippen LogP contribution in [0.25, 0.3) is 11.0 Å². The van der Waals surface area contributed by atoms with Crippen molar-refractivity contribution in [1.82, 2.24) is 9.55 Å². The van der Waals surface area contributed by atoms with Gasteiger partial charge in [-0.15, -0.1) is 0 Å². The third-order valence-corrected chi connectivity index (χ3v) is 4.17. The number of halogens is 2. The van der Waals surface area contributed by atoms with Crippen molar-refractivity contribution in [2.75, 3.05) is 0 Å². The molecular weight excluding hydrogens is 287 g/mol. The molecule has 1 aliphatic rings. The van der Waals surface area contributed by atoms with Crippen LogP contribution in [0.4, 0.5) is 0 Å². The Labute approximate surface area is 119 Å². The lowest BCUT2D eigenvalue weighted by Gasteiger charge is -2.13. The van der Waals surface area contributed by atoms with Crippen molar-refractivity contribution in [3.05, 3.63) is 28.0 Å². The van der Waals surface area contributed by atoms with Crippen LogP contribution < -0.4 is 0 Å². The molecule has 1 saturated carbocycles. The normalized spacial score (nSPS) is 16.8. The summed E-state index contributed by atoms with van der Waals surface area (Å²) in [5, 5.41) is 10.1. The quantitative estimate of drug-likeness (QED) is 0.936. The lowest BCUT2D eigenvalue weighted by Crippen LogP contribution is -2.17. The maximum Gasteiger partial charge on any atom is 0.326 e. The largest absolute Gasteiger partial charge is 0.480 e. The predicted octanol–water partition coefficient (Wildman–Crippen LogP) is 3.87. The van der Waals surface area contributed by atoms with Crippen molar-refractivity contribution in [3.63, 3.8) is 0 Å². The second-order valence-corrected chi connectivity index (χ2v) is 5.70. The van der Waals surface area contributed by atoms with Gasteiger partial charge < -0.3 is 9.67 Å². The molecule has 1 aromatic carbocycles. The van der Waals surface area contributed by atoms with Crippen molar-refractivity contribution in [3.8, 4) is 0 Å². The summed E-state index contributed by atoms with van der Waals surface area (Å²) in [4.78, 5) is 15.8. The Balaban J connectivity index is 2.28. The summed E-state index contributed by atoms with van der Waals surface area (Å²) >= 11 is 12.0. The van der Waals surface area contributed by atoms with Gasteiger partial charge in [-0.05, 0) is 31.9 Å². The summed E-state index contributed by atoms with van der Waals surface area (Å²) in [6.45, 7) is 1.65. The van der Waals surface area contributed by atoms with Crippen molar-refractivity contribution < 1.29 is 9.90 Å². The van der Waals surface area contributed by atoms with Gasteiger partial charge in [-0.3, -0.25) is 0 Å². The number of aliphatic carboxylic acids is 1. The van der Waals surface area contributed by atoms with Crippen LogP contribution in [0.3, 0.4) is 0 Å². The first kappa shape index (κ1) is 12.8. The Bertz CT molecular complexity index is 677. The van der Waals surface area contributed by atoms with Gasteiger partial charge in [0.2, 0.25) is 0 Å². The number of benzene rings is 1. The minimum absolute atomic E-state index is 0.353. The van der Waals surface area contributed by atoms with E-state index >= 15 is 0 Å². The number of carboxylic acids is 1. The fourth-order valence-electron chi connectivity index (χ4n) is 2.26.